The molecule has 1 amide bonds. The number of nitrogens with one attached hydrogen (secondary N) is 1. The molecule has 0 aliphatic heterocycles. The summed E-state index contributed by atoms with van der Waals surface area (Å²) in [6.07, 6.45) is 3.01. The molecule has 0 unspecified atom stereocenters. The number of hydrogen-bond donors (Lipinski definition) is 1. The Balaban J connectivity index is 1.76. The van der Waals surface area contributed by atoms with E-state index >= 15 is 0 Å². The smallest absolute Gasteiger partial charge is 0.225 e. The number of nitrogens with zero attached hydrogens (tertiary/aromatic N) is 3. The van der Waals surface area contributed by atoms with Gasteiger partial charge in [-0.05, 0) is 17.7 Å². The fourth-order valence-electron chi connectivity index (χ4n) is 2.53. The molecule has 1 N–H and O–H groups in total. The van der Waals surface area contributed by atoms with Gasteiger partial charge in [0.1, 0.15) is 5.82 Å². The minimum atomic E-state index is -0.493. The number of benzene rings is 2. The summed E-state index contributed by atoms with van der Waals surface area (Å²) < 4.78 is 13.9. The molecule has 0 bridgehead atoms. The van der Waals surface area contributed by atoms with Gasteiger partial charge in [0.25, 0.3) is 0 Å². The van der Waals surface area contributed by atoms with E-state index in [9.17, 15) is 9.18 Å². The van der Waals surface area contributed by atoms with Gasteiger partial charge >= 0.3 is 0 Å². The van der Waals surface area contributed by atoms with Crippen LogP contribution in [-0.2, 0) is 17.8 Å². The average Bonchev–Trinajstić information content (AvgIpc) is 3.12. The van der Waals surface area contributed by atoms with Crippen LogP contribution in [0.15, 0.2) is 60.9 Å². The van der Waals surface area contributed by atoms with Crippen molar-refractivity contribution in [3.05, 3.63) is 82.9 Å². The van der Waals surface area contributed by atoms with Gasteiger partial charge in [-0.2, -0.15) is 15.0 Å². The van der Waals surface area contributed by atoms with Gasteiger partial charge in [-0.3, -0.25) is 4.79 Å². The van der Waals surface area contributed by atoms with Crippen molar-refractivity contribution >= 4 is 17.5 Å². The molecule has 2 aromatic carbocycles. The summed E-state index contributed by atoms with van der Waals surface area (Å²) in [5.41, 5.74) is 1.10. The number of carbonyl (C=O) groups is 1. The van der Waals surface area contributed by atoms with Gasteiger partial charge in [0.05, 0.1) is 31.4 Å². The van der Waals surface area contributed by atoms with Gasteiger partial charge in [-0.15, -0.1) is 0 Å². The van der Waals surface area contributed by atoms with Crippen molar-refractivity contribution in [1.82, 2.24) is 20.3 Å². The first-order valence-electron chi connectivity index (χ1n) is 7.75. The quantitative estimate of drug-likeness (QED) is 0.736. The summed E-state index contributed by atoms with van der Waals surface area (Å²) in [6.45, 7) is 0.369. The fraction of sp³-hybridized carbons (Fsp3) is 0.167. The number of aromatic nitrogens is 3. The van der Waals surface area contributed by atoms with Crippen molar-refractivity contribution in [3.8, 4) is 0 Å². The van der Waals surface area contributed by atoms with Crippen molar-refractivity contribution in [2.45, 2.75) is 19.0 Å². The maximum Gasteiger partial charge on any atom is 0.225 e. The molecule has 25 heavy (non-hydrogen) atoms. The molecule has 0 saturated heterocycles. The van der Waals surface area contributed by atoms with E-state index in [0.717, 1.165) is 5.56 Å². The lowest BCUT2D eigenvalue weighted by Gasteiger charge is -2.19. The summed E-state index contributed by atoms with van der Waals surface area (Å²) in [5.74, 6) is -0.819. The Bertz CT molecular complexity index is 819. The first-order chi connectivity index (χ1) is 12.1. The Hall–Kier alpha value is -2.73. The molecule has 0 radical (unpaired) electrons. The molecule has 0 fully saturated rings. The monoisotopic (exact) mass is 358 g/mol. The van der Waals surface area contributed by atoms with E-state index in [1.165, 1.54) is 16.9 Å². The van der Waals surface area contributed by atoms with Crippen LogP contribution in [0.1, 0.15) is 17.2 Å². The molecule has 128 valence electrons. The van der Waals surface area contributed by atoms with Gasteiger partial charge in [0.15, 0.2) is 0 Å². The van der Waals surface area contributed by atoms with Gasteiger partial charge in [-0.25, -0.2) is 4.39 Å². The summed E-state index contributed by atoms with van der Waals surface area (Å²) in [6, 6.07) is 13.5. The Morgan fingerprint density at radius 2 is 1.84 bits per heavy atom. The van der Waals surface area contributed by atoms with Gasteiger partial charge in [-0.1, -0.05) is 48.0 Å². The number of carbonyl (C=O) groups excluding carboxylic acids is 1. The van der Waals surface area contributed by atoms with Crippen LogP contribution in [-0.4, -0.2) is 20.9 Å². The van der Waals surface area contributed by atoms with Crippen molar-refractivity contribution in [2.24, 2.45) is 0 Å². The summed E-state index contributed by atoms with van der Waals surface area (Å²) in [4.78, 5) is 13.9. The molecule has 0 saturated carbocycles. The highest BCUT2D eigenvalue weighted by molar-refractivity contribution is 6.31. The Kier molecular flexibility index (Phi) is 5.40. The van der Waals surface area contributed by atoms with E-state index in [2.05, 4.69) is 15.5 Å². The summed E-state index contributed by atoms with van der Waals surface area (Å²) in [5, 5.41) is 11.3. The van der Waals surface area contributed by atoms with E-state index in [1.54, 1.807) is 18.5 Å². The summed E-state index contributed by atoms with van der Waals surface area (Å²) >= 11 is 6.00. The van der Waals surface area contributed by atoms with Gasteiger partial charge in [0, 0.05) is 10.6 Å². The van der Waals surface area contributed by atoms with Crippen LogP contribution in [0.25, 0.3) is 0 Å². The highest BCUT2D eigenvalue weighted by Crippen LogP contribution is 2.20. The minimum Gasteiger partial charge on any atom is -0.347 e. The van der Waals surface area contributed by atoms with Crippen LogP contribution in [0.3, 0.4) is 0 Å². The van der Waals surface area contributed by atoms with Crippen molar-refractivity contribution < 1.29 is 9.18 Å². The maximum absolute atomic E-state index is 13.9. The van der Waals surface area contributed by atoms with Crippen LogP contribution < -0.4 is 5.32 Å². The third-order valence-corrected chi connectivity index (χ3v) is 4.10. The predicted molar refractivity (Wildman–Crippen MR) is 92.5 cm³/mol. The highest BCUT2D eigenvalue weighted by Gasteiger charge is 2.18. The molecule has 0 aliphatic rings. The zero-order chi connectivity index (χ0) is 17.6. The van der Waals surface area contributed by atoms with E-state index < -0.39 is 5.82 Å². The molecular formula is C18H16ClFN4O. The molecule has 0 aliphatic carbocycles. The van der Waals surface area contributed by atoms with E-state index in [0.29, 0.717) is 6.54 Å². The number of halogens is 2. The number of hydrogen-bond acceptors (Lipinski definition) is 3. The second kappa shape index (κ2) is 7.90. The lowest BCUT2D eigenvalue weighted by molar-refractivity contribution is -0.121. The van der Waals surface area contributed by atoms with E-state index in [-0.39, 0.29) is 29.0 Å². The van der Waals surface area contributed by atoms with Crippen LogP contribution in [0.4, 0.5) is 4.39 Å². The first-order valence-corrected chi connectivity index (χ1v) is 8.12. The van der Waals surface area contributed by atoms with Crippen LogP contribution in [0.2, 0.25) is 5.02 Å². The zero-order valence-electron chi connectivity index (χ0n) is 13.3. The number of amides is 1. The molecule has 5 nitrogen and oxygen atoms in total. The topological polar surface area (TPSA) is 59.8 Å². The molecule has 0 spiro atoms. The third-order valence-electron chi connectivity index (χ3n) is 3.75. The van der Waals surface area contributed by atoms with Crippen molar-refractivity contribution in [2.75, 3.05) is 0 Å². The molecular weight excluding hydrogens is 343 g/mol. The fourth-order valence-corrected chi connectivity index (χ4v) is 2.76. The van der Waals surface area contributed by atoms with Crippen LogP contribution >= 0.6 is 11.6 Å². The Morgan fingerprint density at radius 1 is 1.12 bits per heavy atom. The molecule has 7 heteroatoms. The highest BCUT2D eigenvalue weighted by atomic mass is 35.5. The molecule has 1 heterocycles. The Labute approximate surface area is 149 Å². The second-order valence-corrected chi connectivity index (χ2v) is 5.90. The molecule has 3 rings (SSSR count). The lowest BCUT2D eigenvalue weighted by Crippen LogP contribution is -2.33. The third kappa shape index (κ3) is 4.42. The van der Waals surface area contributed by atoms with Crippen molar-refractivity contribution in [3.63, 3.8) is 0 Å². The van der Waals surface area contributed by atoms with E-state index in [4.69, 9.17) is 11.6 Å². The van der Waals surface area contributed by atoms with Gasteiger partial charge < -0.3 is 5.32 Å². The largest absolute Gasteiger partial charge is 0.347 e. The molecule has 1 atom stereocenters. The van der Waals surface area contributed by atoms with Gasteiger partial charge in [0.2, 0.25) is 5.91 Å². The molecule has 3 aromatic rings. The zero-order valence-corrected chi connectivity index (χ0v) is 14.0. The second-order valence-electron chi connectivity index (χ2n) is 5.49. The maximum atomic E-state index is 13.9. The minimum absolute atomic E-state index is 0.138. The van der Waals surface area contributed by atoms with E-state index in [1.807, 2.05) is 30.3 Å². The SMILES string of the molecule is O=C(Cc1c(F)cccc1Cl)N[C@H](Cn1nccn1)c1ccccc1. The standard InChI is InChI=1S/C18H16ClFN4O/c19-15-7-4-8-16(20)14(15)11-18(25)23-17(12-24-21-9-10-22-24)13-5-2-1-3-6-13/h1-10,17H,11-12H2,(H,23,25)/t17-/m1/s1. The average molecular weight is 359 g/mol. The van der Waals surface area contributed by atoms with Crippen LogP contribution in [0, 0.1) is 5.82 Å². The van der Waals surface area contributed by atoms with Crippen molar-refractivity contribution in [1.29, 1.82) is 0 Å². The number of rotatable bonds is 6. The molecule has 1 aromatic heterocycles. The Morgan fingerprint density at radius 3 is 2.52 bits per heavy atom. The lowest BCUT2D eigenvalue weighted by atomic mass is 10.1. The summed E-state index contributed by atoms with van der Waals surface area (Å²) in [7, 11) is 0. The first kappa shape index (κ1) is 17.1. The predicted octanol–water partition coefficient (Wildman–Crippen LogP) is 3.17. The normalized spacial score (nSPS) is 11.9. The van der Waals surface area contributed by atoms with Crippen LogP contribution in [0.5, 0.6) is 0 Å².